The molecule has 1 atom stereocenters. The number of hydrogen-bond acceptors (Lipinski definition) is 2. The molecule has 3 rings (SSSR count). The summed E-state index contributed by atoms with van der Waals surface area (Å²) in [4.78, 5) is 26.5. The molecular weight excluding hydrogens is 338 g/mol. The van der Waals surface area contributed by atoms with Gasteiger partial charge in [0.05, 0.1) is 11.6 Å². The molecule has 2 aromatic carbocycles. The fourth-order valence-corrected chi connectivity index (χ4v) is 3.16. The highest BCUT2D eigenvalue weighted by molar-refractivity contribution is 6.03. The zero-order valence-electron chi connectivity index (χ0n) is 14.6. The Hall–Kier alpha value is -2.76. The number of amides is 2. The van der Waals surface area contributed by atoms with Crippen molar-refractivity contribution < 1.29 is 18.4 Å². The fourth-order valence-electron chi connectivity index (χ4n) is 3.16. The Bertz CT molecular complexity index is 851. The Labute approximate surface area is 150 Å². The van der Waals surface area contributed by atoms with Crippen LogP contribution in [0.3, 0.4) is 0 Å². The number of para-hydroxylation sites is 1. The molecule has 26 heavy (non-hydrogen) atoms. The van der Waals surface area contributed by atoms with Gasteiger partial charge < -0.3 is 10.2 Å². The molecule has 6 heteroatoms. The van der Waals surface area contributed by atoms with E-state index in [2.05, 4.69) is 5.32 Å². The van der Waals surface area contributed by atoms with Gasteiger partial charge in [-0.25, -0.2) is 8.78 Å². The second-order valence-corrected chi connectivity index (χ2v) is 6.73. The predicted molar refractivity (Wildman–Crippen MR) is 96.0 cm³/mol. The molecule has 0 saturated carbocycles. The SMILES string of the molecule is CC(C)c1ccccc1N1CC(C(=O)Nc2ccc(F)cc2F)CC1=O. The molecule has 1 saturated heterocycles. The Morgan fingerprint density at radius 2 is 1.92 bits per heavy atom. The fraction of sp³-hybridized carbons (Fsp3) is 0.300. The molecule has 0 bridgehead atoms. The Morgan fingerprint density at radius 1 is 1.19 bits per heavy atom. The standard InChI is InChI=1S/C20H20F2N2O2/c1-12(2)15-5-3-4-6-18(15)24-11-13(9-19(24)25)20(26)23-17-8-7-14(21)10-16(17)22/h3-8,10,12-13H,9,11H2,1-2H3,(H,23,26). The first kappa shape index (κ1) is 18.0. The van der Waals surface area contributed by atoms with Crippen molar-refractivity contribution in [1.29, 1.82) is 0 Å². The molecule has 0 spiro atoms. The van der Waals surface area contributed by atoms with E-state index in [0.717, 1.165) is 17.3 Å². The maximum absolute atomic E-state index is 13.7. The Kier molecular flexibility index (Phi) is 5.02. The van der Waals surface area contributed by atoms with Crippen LogP contribution in [0, 0.1) is 17.6 Å². The number of benzene rings is 2. The number of nitrogens with one attached hydrogen (secondary N) is 1. The summed E-state index contributed by atoms with van der Waals surface area (Å²) in [6.07, 6.45) is 0.0566. The van der Waals surface area contributed by atoms with Crippen LogP contribution in [0.2, 0.25) is 0 Å². The molecule has 1 unspecified atom stereocenters. The number of carbonyl (C=O) groups excluding carboxylic acids is 2. The Morgan fingerprint density at radius 3 is 2.62 bits per heavy atom. The van der Waals surface area contributed by atoms with E-state index in [1.807, 2.05) is 38.1 Å². The summed E-state index contributed by atoms with van der Waals surface area (Å²) >= 11 is 0. The highest BCUT2D eigenvalue weighted by Gasteiger charge is 2.36. The lowest BCUT2D eigenvalue weighted by Crippen LogP contribution is -2.29. The minimum atomic E-state index is -0.843. The summed E-state index contributed by atoms with van der Waals surface area (Å²) in [6, 6.07) is 10.6. The third-order valence-electron chi connectivity index (χ3n) is 4.53. The predicted octanol–water partition coefficient (Wildman–Crippen LogP) is 4.08. The van der Waals surface area contributed by atoms with E-state index in [1.165, 1.54) is 6.07 Å². The highest BCUT2D eigenvalue weighted by Crippen LogP contribution is 2.32. The van der Waals surface area contributed by atoms with Crippen molar-refractivity contribution in [3.8, 4) is 0 Å². The normalized spacial score (nSPS) is 17.0. The second-order valence-electron chi connectivity index (χ2n) is 6.73. The van der Waals surface area contributed by atoms with Gasteiger partial charge in [0, 0.05) is 24.7 Å². The molecule has 136 valence electrons. The average molecular weight is 358 g/mol. The molecule has 1 fully saturated rings. The van der Waals surface area contributed by atoms with Gasteiger partial charge in [-0.15, -0.1) is 0 Å². The smallest absolute Gasteiger partial charge is 0.229 e. The third-order valence-corrected chi connectivity index (χ3v) is 4.53. The van der Waals surface area contributed by atoms with E-state index in [0.29, 0.717) is 6.07 Å². The lowest BCUT2D eigenvalue weighted by molar-refractivity contribution is -0.122. The number of hydrogen-bond donors (Lipinski definition) is 1. The monoisotopic (exact) mass is 358 g/mol. The van der Waals surface area contributed by atoms with Crippen LogP contribution in [0.15, 0.2) is 42.5 Å². The molecule has 2 amide bonds. The Balaban J connectivity index is 1.76. The van der Waals surface area contributed by atoms with Crippen molar-refractivity contribution in [2.75, 3.05) is 16.8 Å². The molecule has 2 aromatic rings. The van der Waals surface area contributed by atoms with E-state index >= 15 is 0 Å². The van der Waals surface area contributed by atoms with Crippen LogP contribution in [0.25, 0.3) is 0 Å². The lowest BCUT2D eigenvalue weighted by atomic mass is 10.0. The van der Waals surface area contributed by atoms with E-state index < -0.39 is 23.5 Å². The molecule has 0 aliphatic carbocycles. The molecule has 1 aliphatic heterocycles. The zero-order chi connectivity index (χ0) is 18.8. The van der Waals surface area contributed by atoms with Crippen LogP contribution in [0.4, 0.5) is 20.2 Å². The first-order valence-electron chi connectivity index (χ1n) is 8.52. The summed E-state index contributed by atoms with van der Waals surface area (Å²) in [5, 5.41) is 2.45. The molecule has 1 aliphatic rings. The molecule has 0 aromatic heterocycles. The first-order valence-corrected chi connectivity index (χ1v) is 8.52. The van der Waals surface area contributed by atoms with Crippen LogP contribution in [-0.4, -0.2) is 18.4 Å². The van der Waals surface area contributed by atoms with Gasteiger partial charge in [-0.05, 0) is 29.7 Å². The maximum Gasteiger partial charge on any atom is 0.229 e. The summed E-state index contributed by atoms with van der Waals surface area (Å²) in [5.74, 6) is -2.50. The summed E-state index contributed by atoms with van der Waals surface area (Å²) in [5.41, 5.74) is 1.74. The first-order chi connectivity index (χ1) is 12.4. The van der Waals surface area contributed by atoms with Gasteiger partial charge in [-0.1, -0.05) is 32.0 Å². The second kappa shape index (κ2) is 7.23. The highest BCUT2D eigenvalue weighted by atomic mass is 19.1. The molecule has 1 N–H and O–H groups in total. The molecule has 1 heterocycles. The van der Waals surface area contributed by atoms with Crippen LogP contribution < -0.4 is 10.2 Å². The molecule has 0 radical (unpaired) electrons. The van der Waals surface area contributed by atoms with Crippen molar-refractivity contribution in [2.24, 2.45) is 5.92 Å². The van der Waals surface area contributed by atoms with Crippen molar-refractivity contribution in [2.45, 2.75) is 26.2 Å². The number of carbonyl (C=O) groups is 2. The number of anilines is 2. The van der Waals surface area contributed by atoms with Crippen LogP contribution >= 0.6 is 0 Å². The third kappa shape index (κ3) is 3.59. The van der Waals surface area contributed by atoms with Crippen molar-refractivity contribution in [3.05, 3.63) is 59.7 Å². The van der Waals surface area contributed by atoms with Crippen molar-refractivity contribution in [1.82, 2.24) is 0 Å². The largest absolute Gasteiger partial charge is 0.323 e. The van der Waals surface area contributed by atoms with Crippen molar-refractivity contribution in [3.63, 3.8) is 0 Å². The number of rotatable bonds is 4. The van der Waals surface area contributed by atoms with Crippen LogP contribution in [-0.2, 0) is 9.59 Å². The average Bonchev–Trinajstić information content (AvgIpc) is 2.99. The topological polar surface area (TPSA) is 49.4 Å². The van der Waals surface area contributed by atoms with Gasteiger partial charge in [0.2, 0.25) is 11.8 Å². The molecular formula is C20H20F2N2O2. The van der Waals surface area contributed by atoms with Gasteiger partial charge in [0.1, 0.15) is 11.6 Å². The van der Waals surface area contributed by atoms with Gasteiger partial charge in [0.25, 0.3) is 0 Å². The zero-order valence-corrected chi connectivity index (χ0v) is 14.6. The minimum absolute atomic E-state index is 0.0566. The van der Waals surface area contributed by atoms with Gasteiger partial charge in [0.15, 0.2) is 0 Å². The van der Waals surface area contributed by atoms with Gasteiger partial charge >= 0.3 is 0 Å². The van der Waals surface area contributed by atoms with E-state index in [4.69, 9.17) is 0 Å². The van der Waals surface area contributed by atoms with Crippen LogP contribution in [0.5, 0.6) is 0 Å². The van der Waals surface area contributed by atoms with E-state index in [1.54, 1.807) is 4.90 Å². The lowest BCUT2D eigenvalue weighted by Gasteiger charge is -2.22. The summed E-state index contributed by atoms with van der Waals surface area (Å²) in [6.45, 7) is 4.32. The molecule has 4 nitrogen and oxygen atoms in total. The van der Waals surface area contributed by atoms with Gasteiger partial charge in [-0.2, -0.15) is 0 Å². The van der Waals surface area contributed by atoms with Crippen LogP contribution in [0.1, 0.15) is 31.7 Å². The number of halogens is 2. The van der Waals surface area contributed by atoms with E-state index in [9.17, 15) is 18.4 Å². The van der Waals surface area contributed by atoms with E-state index in [-0.39, 0.29) is 30.5 Å². The maximum atomic E-state index is 13.7. The van der Waals surface area contributed by atoms with Gasteiger partial charge in [-0.3, -0.25) is 9.59 Å². The number of nitrogens with zero attached hydrogens (tertiary/aromatic N) is 1. The summed E-state index contributed by atoms with van der Waals surface area (Å²) < 4.78 is 26.7. The quantitative estimate of drug-likeness (QED) is 0.895. The summed E-state index contributed by atoms with van der Waals surface area (Å²) in [7, 11) is 0. The van der Waals surface area contributed by atoms with Crippen molar-refractivity contribution >= 4 is 23.2 Å². The minimum Gasteiger partial charge on any atom is -0.323 e.